The zero-order valence-electron chi connectivity index (χ0n) is 10.6. The Balaban J connectivity index is 2.57. The van der Waals surface area contributed by atoms with E-state index >= 15 is 0 Å². The topological polar surface area (TPSA) is 12.0 Å². The molecule has 0 aliphatic heterocycles. The van der Waals surface area contributed by atoms with Crippen LogP contribution in [0.5, 0.6) is 0 Å². The summed E-state index contributed by atoms with van der Waals surface area (Å²) in [6.45, 7) is 3.41. The van der Waals surface area contributed by atoms with Crippen molar-refractivity contribution in [3.63, 3.8) is 0 Å². The molecule has 1 fully saturated rings. The molecule has 0 atom stereocenters. The van der Waals surface area contributed by atoms with E-state index in [4.69, 9.17) is 0 Å². The highest BCUT2D eigenvalue weighted by molar-refractivity contribution is 5.16. The Morgan fingerprint density at radius 2 is 1.80 bits per heavy atom. The van der Waals surface area contributed by atoms with Gasteiger partial charge < -0.3 is 5.32 Å². The molecule has 0 unspecified atom stereocenters. The summed E-state index contributed by atoms with van der Waals surface area (Å²) in [6.07, 6.45) is 12.5. The van der Waals surface area contributed by atoms with Gasteiger partial charge in [-0.25, -0.2) is 0 Å². The molecule has 1 N–H and O–H groups in total. The van der Waals surface area contributed by atoms with Gasteiger partial charge in [0.05, 0.1) is 0 Å². The van der Waals surface area contributed by atoms with Crippen LogP contribution in [0.15, 0.2) is 11.1 Å². The first-order valence-electron chi connectivity index (χ1n) is 6.72. The molecule has 1 nitrogen and oxygen atoms in total. The van der Waals surface area contributed by atoms with Crippen molar-refractivity contribution >= 4 is 0 Å². The predicted octanol–water partition coefficient (Wildman–Crippen LogP) is 4.05. The molecule has 0 aromatic rings. The highest BCUT2D eigenvalue weighted by atomic mass is 14.8. The summed E-state index contributed by atoms with van der Waals surface area (Å²) in [7, 11) is 2.07. The second-order valence-corrected chi connectivity index (χ2v) is 4.76. The lowest BCUT2D eigenvalue weighted by Crippen LogP contribution is -2.12. The number of unbranched alkanes of at least 4 members (excludes halogenated alkanes) is 1. The van der Waals surface area contributed by atoms with E-state index < -0.39 is 0 Å². The average Bonchev–Trinajstić information content (AvgIpc) is 2.52. The Morgan fingerprint density at radius 1 is 1.13 bits per heavy atom. The van der Waals surface area contributed by atoms with Gasteiger partial charge in [0.2, 0.25) is 0 Å². The van der Waals surface area contributed by atoms with Crippen LogP contribution in [0, 0.1) is 0 Å². The molecule has 1 rings (SSSR count). The lowest BCUT2D eigenvalue weighted by Gasteiger charge is -2.13. The Morgan fingerprint density at radius 3 is 2.33 bits per heavy atom. The largest absolute Gasteiger partial charge is 0.316 e. The van der Waals surface area contributed by atoms with Gasteiger partial charge in [-0.2, -0.15) is 0 Å². The van der Waals surface area contributed by atoms with E-state index in [0.717, 1.165) is 6.54 Å². The maximum absolute atomic E-state index is 3.34. The van der Waals surface area contributed by atoms with E-state index in [-0.39, 0.29) is 0 Å². The van der Waals surface area contributed by atoms with Gasteiger partial charge in [-0.15, -0.1) is 0 Å². The normalized spacial score (nSPS) is 17.6. The molecule has 0 amide bonds. The van der Waals surface area contributed by atoms with Gasteiger partial charge >= 0.3 is 0 Å². The molecule has 0 aromatic carbocycles. The number of likely N-dealkylation sites (N-methyl/N-ethyl adjacent to an activating group) is 1. The van der Waals surface area contributed by atoms with Crippen molar-refractivity contribution < 1.29 is 0 Å². The standard InChI is InChI=1S/C14H27N/c1-3-4-9-14(12-15-2)13-10-7-5-6-8-11-13/h15H,3-12H2,1-2H3. The zero-order valence-corrected chi connectivity index (χ0v) is 10.6. The highest BCUT2D eigenvalue weighted by Crippen LogP contribution is 2.26. The molecule has 0 spiro atoms. The van der Waals surface area contributed by atoms with Crippen LogP contribution in [-0.2, 0) is 0 Å². The van der Waals surface area contributed by atoms with Crippen LogP contribution in [0.3, 0.4) is 0 Å². The first-order chi connectivity index (χ1) is 7.38. The summed E-state index contributed by atoms with van der Waals surface area (Å²) in [6, 6.07) is 0. The molecule has 0 heterocycles. The number of nitrogens with one attached hydrogen (secondary N) is 1. The summed E-state index contributed by atoms with van der Waals surface area (Å²) in [5.74, 6) is 0. The van der Waals surface area contributed by atoms with E-state index in [9.17, 15) is 0 Å². The van der Waals surface area contributed by atoms with Gasteiger partial charge in [0.25, 0.3) is 0 Å². The maximum atomic E-state index is 3.34. The summed E-state index contributed by atoms with van der Waals surface area (Å²) < 4.78 is 0. The van der Waals surface area contributed by atoms with E-state index in [0.29, 0.717) is 0 Å². The quantitative estimate of drug-likeness (QED) is 0.532. The number of allylic oxidation sites excluding steroid dienone is 1. The lowest BCUT2D eigenvalue weighted by molar-refractivity contribution is 0.702. The van der Waals surface area contributed by atoms with Gasteiger partial charge in [-0.3, -0.25) is 0 Å². The second kappa shape index (κ2) is 7.92. The van der Waals surface area contributed by atoms with Crippen molar-refractivity contribution in [2.75, 3.05) is 13.6 Å². The van der Waals surface area contributed by atoms with Gasteiger partial charge in [-0.1, -0.05) is 37.3 Å². The van der Waals surface area contributed by atoms with Crippen LogP contribution in [0.2, 0.25) is 0 Å². The van der Waals surface area contributed by atoms with Crippen molar-refractivity contribution in [2.24, 2.45) is 0 Å². The SMILES string of the molecule is CCCCC(CNC)=C1CCCCCC1. The van der Waals surface area contributed by atoms with Crippen LogP contribution in [0.25, 0.3) is 0 Å². The molecular formula is C14H27N. The Hall–Kier alpha value is -0.300. The van der Waals surface area contributed by atoms with E-state index in [1.54, 1.807) is 11.1 Å². The highest BCUT2D eigenvalue weighted by Gasteiger charge is 2.09. The van der Waals surface area contributed by atoms with E-state index in [1.807, 2.05) is 0 Å². The molecule has 88 valence electrons. The van der Waals surface area contributed by atoms with Crippen molar-refractivity contribution in [1.82, 2.24) is 5.32 Å². The molecule has 1 saturated carbocycles. The Labute approximate surface area is 95.3 Å². The van der Waals surface area contributed by atoms with Crippen LogP contribution >= 0.6 is 0 Å². The molecular weight excluding hydrogens is 182 g/mol. The van der Waals surface area contributed by atoms with Crippen LogP contribution < -0.4 is 5.32 Å². The number of rotatable bonds is 5. The molecule has 1 heteroatoms. The van der Waals surface area contributed by atoms with Crippen LogP contribution in [-0.4, -0.2) is 13.6 Å². The third-order valence-corrected chi connectivity index (χ3v) is 3.43. The lowest BCUT2D eigenvalue weighted by atomic mass is 9.96. The van der Waals surface area contributed by atoms with Gasteiger partial charge in [0.15, 0.2) is 0 Å². The molecule has 1 aliphatic carbocycles. The number of hydrogen-bond acceptors (Lipinski definition) is 1. The average molecular weight is 209 g/mol. The molecule has 0 radical (unpaired) electrons. The monoisotopic (exact) mass is 209 g/mol. The van der Waals surface area contributed by atoms with E-state index in [1.165, 1.54) is 57.8 Å². The van der Waals surface area contributed by atoms with Crippen LogP contribution in [0.4, 0.5) is 0 Å². The third kappa shape index (κ3) is 4.83. The first kappa shape index (κ1) is 12.8. The van der Waals surface area contributed by atoms with Gasteiger partial charge in [-0.05, 0) is 45.6 Å². The zero-order chi connectivity index (χ0) is 10.9. The maximum Gasteiger partial charge on any atom is 0.0164 e. The first-order valence-corrected chi connectivity index (χ1v) is 6.72. The van der Waals surface area contributed by atoms with Gasteiger partial charge in [0, 0.05) is 6.54 Å². The Kier molecular flexibility index (Phi) is 6.74. The smallest absolute Gasteiger partial charge is 0.0164 e. The van der Waals surface area contributed by atoms with Gasteiger partial charge in [0.1, 0.15) is 0 Å². The summed E-state index contributed by atoms with van der Waals surface area (Å²) in [5, 5.41) is 3.34. The Bertz CT molecular complexity index is 184. The summed E-state index contributed by atoms with van der Waals surface area (Å²) in [4.78, 5) is 0. The summed E-state index contributed by atoms with van der Waals surface area (Å²) in [5.41, 5.74) is 3.51. The molecule has 0 saturated heterocycles. The van der Waals surface area contributed by atoms with Crippen LogP contribution in [0.1, 0.15) is 64.7 Å². The molecule has 15 heavy (non-hydrogen) atoms. The molecule has 0 bridgehead atoms. The summed E-state index contributed by atoms with van der Waals surface area (Å²) >= 11 is 0. The van der Waals surface area contributed by atoms with E-state index in [2.05, 4.69) is 19.3 Å². The minimum atomic E-state index is 1.12. The van der Waals surface area contributed by atoms with Crippen molar-refractivity contribution in [3.05, 3.63) is 11.1 Å². The third-order valence-electron chi connectivity index (χ3n) is 3.43. The van der Waals surface area contributed by atoms with Crippen molar-refractivity contribution in [1.29, 1.82) is 0 Å². The van der Waals surface area contributed by atoms with Crippen molar-refractivity contribution in [2.45, 2.75) is 64.7 Å². The molecule has 0 aromatic heterocycles. The minimum absolute atomic E-state index is 1.12. The second-order valence-electron chi connectivity index (χ2n) is 4.76. The van der Waals surface area contributed by atoms with Crippen molar-refractivity contribution in [3.8, 4) is 0 Å². The fourth-order valence-corrected chi connectivity index (χ4v) is 2.50. The number of hydrogen-bond donors (Lipinski definition) is 1. The minimum Gasteiger partial charge on any atom is -0.316 e. The fraction of sp³-hybridized carbons (Fsp3) is 0.857. The molecule has 1 aliphatic rings. The predicted molar refractivity (Wildman–Crippen MR) is 68.2 cm³/mol. The fourth-order valence-electron chi connectivity index (χ4n) is 2.50.